The molecule has 29 heavy (non-hydrogen) atoms. The van der Waals surface area contributed by atoms with Crippen LogP contribution in [0.1, 0.15) is 103 Å². The van der Waals surface area contributed by atoms with Crippen LogP contribution in [0.25, 0.3) is 0 Å². The van der Waals surface area contributed by atoms with Crippen LogP contribution in [0, 0.1) is 0 Å². The molecule has 0 fully saturated rings. The molecule has 0 heterocycles. The molecule has 0 radical (unpaired) electrons. The van der Waals surface area contributed by atoms with E-state index in [1.165, 1.54) is 64.2 Å². The Balaban J connectivity index is 0. The van der Waals surface area contributed by atoms with Gasteiger partial charge in [0, 0.05) is 18.8 Å². The van der Waals surface area contributed by atoms with E-state index in [1.54, 1.807) is 0 Å². The SMILES string of the molecule is CCCCCCCCCCCCCCCC(=O)O[C@H](CC(=O)[O-])C[N+](C)(C)C.[Cl-]. The highest BCUT2D eigenvalue weighted by Crippen LogP contribution is 2.13. The molecule has 0 spiro atoms. The molecule has 0 rings (SSSR count). The lowest BCUT2D eigenvalue weighted by Gasteiger charge is -2.29. The molecule has 174 valence electrons. The van der Waals surface area contributed by atoms with Crippen LogP contribution in [0.15, 0.2) is 0 Å². The minimum Gasteiger partial charge on any atom is -1.00 e. The van der Waals surface area contributed by atoms with Gasteiger partial charge in [0.15, 0.2) is 6.10 Å². The second-order valence-corrected chi connectivity index (χ2v) is 9.15. The third-order valence-electron chi connectivity index (χ3n) is 4.93. The number of carbonyl (C=O) groups is 2. The number of carboxylic acid groups (broad SMARTS) is 1. The zero-order valence-corrected chi connectivity index (χ0v) is 20.1. The summed E-state index contributed by atoms with van der Waals surface area (Å²) >= 11 is 0. The van der Waals surface area contributed by atoms with Gasteiger partial charge in [0.2, 0.25) is 0 Å². The molecule has 6 heteroatoms. The first-order chi connectivity index (χ1) is 13.2. The summed E-state index contributed by atoms with van der Waals surface area (Å²) in [5.41, 5.74) is 0. The fourth-order valence-corrected chi connectivity index (χ4v) is 3.47. The van der Waals surface area contributed by atoms with Gasteiger partial charge in [0.1, 0.15) is 6.54 Å². The largest absolute Gasteiger partial charge is 1.00 e. The van der Waals surface area contributed by atoms with Crippen LogP contribution in [-0.2, 0) is 14.3 Å². The lowest BCUT2D eigenvalue weighted by molar-refractivity contribution is -0.873. The van der Waals surface area contributed by atoms with Crippen molar-refractivity contribution in [3.63, 3.8) is 0 Å². The van der Waals surface area contributed by atoms with Crippen LogP contribution in [0.2, 0.25) is 0 Å². The average Bonchev–Trinajstić information content (AvgIpc) is 2.56. The van der Waals surface area contributed by atoms with Crippen LogP contribution < -0.4 is 17.5 Å². The second-order valence-electron chi connectivity index (χ2n) is 9.15. The number of ether oxygens (including phenoxy) is 1. The molecule has 0 aliphatic heterocycles. The molecule has 0 amide bonds. The maximum atomic E-state index is 12.0. The van der Waals surface area contributed by atoms with E-state index in [0.29, 0.717) is 17.4 Å². The van der Waals surface area contributed by atoms with E-state index in [4.69, 9.17) is 4.74 Å². The first-order valence-electron chi connectivity index (χ1n) is 11.4. The standard InChI is InChI=1S/C23H45NO4.ClH/c1-5-6-7-8-9-10-11-12-13-14-15-16-17-18-23(27)28-21(19-22(25)26)20-24(2,3)4;/h21H,5-20H2,1-4H3;1H/p-1/t21-;/m1./s1. The minimum atomic E-state index is -1.17. The first-order valence-corrected chi connectivity index (χ1v) is 11.4. The minimum absolute atomic E-state index is 0. The number of aliphatic carboxylic acids is 1. The number of halogens is 1. The summed E-state index contributed by atoms with van der Waals surface area (Å²) in [7, 11) is 5.84. The van der Waals surface area contributed by atoms with E-state index in [2.05, 4.69) is 6.92 Å². The number of esters is 1. The Morgan fingerprint density at radius 3 is 1.59 bits per heavy atom. The van der Waals surface area contributed by atoms with Crippen molar-refractivity contribution in [2.45, 2.75) is 109 Å². The lowest BCUT2D eigenvalue weighted by Crippen LogP contribution is -3.00. The van der Waals surface area contributed by atoms with Crippen molar-refractivity contribution < 1.29 is 36.3 Å². The molecule has 0 aromatic heterocycles. The van der Waals surface area contributed by atoms with Crippen LogP contribution in [-0.4, -0.2) is 50.2 Å². The number of likely N-dealkylation sites (N-methyl/N-ethyl adjacent to an activating group) is 1. The lowest BCUT2D eigenvalue weighted by atomic mass is 10.0. The molecule has 0 aliphatic rings. The van der Waals surface area contributed by atoms with Crippen LogP contribution in [0.5, 0.6) is 0 Å². The number of carboxylic acids is 1. The van der Waals surface area contributed by atoms with Gasteiger partial charge in [-0.1, -0.05) is 84.0 Å². The van der Waals surface area contributed by atoms with E-state index in [0.717, 1.165) is 19.3 Å². The van der Waals surface area contributed by atoms with E-state index < -0.39 is 12.1 Å². The highest BCUT2D eigenvalue weighted by molar-refractivity contribution is 5.70. The van der Waals surface area contributed by atoms with Gasteiger partial charge in [-0.05, 0) is 6.42 Å². The molecule has 0 N–H and O–H groups in total. The van der Waals surface area contributed by atoms with E-state index in [9.17, 15) is 14.7 Å². The molecule has 0 bridgehead atoms. The summed E-state index contributed by atoms with van der Waals surface area (Å²) in [5, 5.41) is 10.9. The third-order valence-corrected chi connectivity index (χ3v) is 4.93. The maximum absolute atomic E-state index is 12.0. The molecule has 1 atom stereocenters. The molecule has 5 nitrogen and oxygen atoms in total. The fraction of sp³-hybridized carbons (Fsp3) is 0.913. The van der Waals surface area contributed by atoms with Crippen molar-refractivity contribution in [3.8, 4) is 0 Å². The van der Waals surface area contributed by atoms with Crippen LogP contribution in [0.4, 0.5) is 0 Å². The molecule has 0 saturated heterocycles. The smallest absolute Gasteiger partial charge is 0.306 e. The number of hydrogen-bond donors (Lipinski definition) is 0. The molecule has 0 aliphatic carbocycles. The van der Waals surface area contributed by atoms with Gasteiger partial charge in [0.05, 0.1) is 21.1 Å². The van der Waals surface area contributed by atoms with Crippen LogP contribution >= 0.6 is 0 Å². The van der Waals surface area contributed by atoms with Crippen molar-refractivity contribution >= 4 is 11.9 Å². The summed E-state index contributed by atoms with van der Waals surface area (Å²) in [6, 6.07) is 0. The topological polar surface area (TPSA) is 66.4 Å². The van der Waals surface area contributed by atoms with Gasteiger partial charge < -0.3 is 31.5 Å². The second kappa shape index (κ2) is 19.2. The van der Waals surface area contributed by atoms with Crippen molar-refractivity contribution in [3.05, 3.63) is 0 Å². The molecule has 0 unspecified atom stereocenters. The number of hydrogen-bond acceptors (Lipinski definition) is 4. The van der Waals surface area contributed by atoms with E-state index in [-0.39, 0.29) is 24.8 Å². The van der Waals surface area contributed by atoms with Gasteiger partial charge in [-0.25, -0.2) is 0 Å². The Morgan fingerprint density at radius 2 is 1.21 bits per heavy atom. The van der Waals surface area contributed by atoms with Crippen molar-refractivity contribution in [2.75, 3.05) is 27.7 Å². The number of unbranched alkanes of at least 4 members (excludes halogenated alkanes) is 12. The summed E-state index contributed by atoms with van der Waals surface area (Å²) in [6.45, 7) is 2.72. The predicted octanol–water partition coefficient (Wildman–Crippen LogP) is 1.23. The summed E-state index contributed by atoms with van der Waals surface area (Å²) in [5.74, 6) is -1.46. The zero-order chi connectivity index (χ0) is 21.3. The van der Waals surface area contributed by atoms with Gasteiger partial charge >= 0.3 is 5.97 Å². The Morgan fingerprint density at radius 1 is 0.793 bits per heavy atom. The Hall–Kier alpha value is -0.810. The highest BCUT2D eigenvalue weighted by Gasteiger charge is 2.22. The monoisotopic (exact) mass is 434 g/mol. The summed E-state index contributed by atoms with van der Waals surface area (Å²) in [4.78, 5) is 22.8. The first kappa shape index (κ1) is 30.4. The number of rotatable bonds is 19. The molecule has 0 aromatic rings. The number of quaternary nitrogens is 1. The quantitative estimate of drug-likeness (QED) is 0.174. The molecular formula is C23H45ClNO4-. The fourth-order valence-electron chi connectivity index (χ4n) is 3.47. The zero-order valence-electron chi connectivity index (χ0n) is 19.3. The van der Waals surface area contributed by atoms with E-state index >= 15 is 0 Å². The number of carbonyl (C=O) groups excluding carboxylic acids is 2. The van der Waals surface area contributed by atoms with Gasteiger partial charge in [-0.3, -0.25) is 4.79 Å². The predicted molar refractivity (Wildman–Crippen MR) is 113 cm³/mol. The van der Waals surface area contributed by atoms with Gasteiger partial charge in [-0.2, -0.15) is 0 Å². The Bertz CT molecular complexity index is 410. The molecule has 0 aromatic carbocycles. The third kappa shape index (κ3) is 23.3. The van der Waals surface area contributed by atoms with Crippen molar-refractivity contribution in [1.29, 1.82) is 0 Å². The number of nitrogens with zero attached hydrogens (tertiary/aromatic N) is 1. The molecule has 0 saturated carbocycles. The van der Waals surface area contributed by atoms with Gasteiger partial charge in [0.25, 0.3) is 0 Å². The summed E-state index contributed by atoms with van der Waals surface area (Å²) < 4.78 is 5.91. The van der Waals surface area contributed by atoms with Crippen molar-refractivity contribution in [1.82, 2.24) is 0 Å². The highest BCUT2D eigenvalue weighted by atomic mass is 35.5. The Labute approximate surface area is 185 Å². The molecular weight excluding hydrogens is 390 g/mol. The van der Waals surface area contributed by atoms with Crippen LogP contribution in [0.3, 0.4) is 0 Å². The van der Waals surface area contributed by atoms with E-state index in [1.807, 2.05) is 21.1 Å². The summed E-state index contributed by atoms with van der Waals surface area (Å²) in [6.07, 6.45) is 16.0. The average molecular weight is 435 g/mol. The normalized spacial score (nSPS) is 12.3. The van der Waals surface area contributed by atoms with Gasteiger partial charge in [-0.15, -0.1) is 0 Å². The maximum Gasteiger partial charge on any atom is 0.306 e. The Kier molecular flexibility index (Phi) is 20.1. The van der Waals surface area contributed by atoms with Crippen molar-refractivity contribution in [2.24, 2.45) is 0 Å².